The van der Waals surface area contributed by atoms with Crippen molar-refractivity contribution in [1.29, 1.82) is 0 Å². The number of rotatable bonds is 3. The molecule has 100 valence electrons. The molecule has 0 radical (unpaired) electrons. The third-order valence-corrected chi connectivity index (χ3v) is 2.86. The first kappa shape index (κ1) is 15.3. The van der Waals surface area contributed by atoms with Crippen molar-refractivity contribution < 1.29 is 4.79 Å². The zero-order chi connectivity index (χ0) is 13.0. The number of benzene rings is 2. The Hall–Kier alpha value is -1.80. The lowest BCUT2D eigenvalue weighted by molar-refractivity contribution is 0.102. The van der Waals surface area contributed by atoms with E-state index in [2.05, 4.69) is 19.2 Å². The Morgan fingerprint density at radius 1 is 0.947 bits per heavy atom. The highest BCUT2D eigenvalue weighted by atomic mass is 35.5. The predicted molar refractivity (Wildman–Crippen MR) is 82.2 cm³/mol. The predicted octanol–water partition coefficient (Wildman–Crippen LogP) is 4.48. The van der Waals surface area contributed by atoms with Gasteiger partial charge in [0.1, 0.15) is 0 Å². The van der Waals surface area contributed by atoms with Gasteiger partial charge in [0, 0.05) is 11.3 Å². The zero-order valence-corrected chi connectivity index (χ0v) is 11.9. The lowest BCUT2D eigenvalue weighted by Gasteiger charge is -2.12. The second-order valence-corrected chi connectivity index (χ2v) is 4.56. The van der Waals surface area contributed by atoms with Crippen LogP contribution in [0.15, 0.2) is 54.6 Å². The summed E-state index contributed by atoms with van der Waals surface area (Å²) in [6, 6.07) is 17.2. The summed E-state index contributed by atoms with van der Waals surface area (Å²) in [7, 11) is 0. The van der Waals surface area contributed by atoms with E-state index in [4.69, 9.17) is 0 Å². The number of carbonyl (C=O) groups is 1. The second-order valence-electron chi connectivity index (χ2n) is 4.56. The molecule has 0 bridgehead atoms. The molecule has 0 saturated carbocycles. The zero-order valence-electron chi connectivity index (χ0n) is 11.1. The molecule has 0 aliphatic carbocycles. The van der Waals surface area contributed by atoms with Crippen LogP contribution in [0.2, 0.25) is 0 Å². The molecule has 2 aromatic rings. The fourth-order valence-electron chi connectivity index (χ4n) is 1.93. The topological polar surface area (TPSA) is 29.1 Å². The van der Waals surface area contributed by atoms with Crippen LogP contribution < -0.4 is 5.32 Å². The van der Waals surface area contributed by atoms with E-state index in [1.807, 2.05) is 54.6 Å². The van der Waals surface area contributed by atoms with Crippen LogP contribution in [0.3, 0.4) is 0 Å². The number of carbonyl (C=O) groups excluding carboxylic acids is 1. The lowest BCUT2D eigenvalue weighted by Crippen LogP contribution is -2.14. The number of hydrogen-bond donors (Lipinski definition) is 1. The van der Waals surface area contributed by atoms with Gasteiger partial charge in [-0.25, -0.2) is 0 Å². The van der Waals surface area contributed by atoms with E-state index < -0.39 is 0 Å². The Morgan fingerprint density at radius 2 is 1.53 bits per heavy atom. The number of nitrogens with one attached hydrogen (secondary N) is 1. The fraction of sp³-hybridized carbons (Fsp3) is 0.188. The molecule has 0 aliphatic rings. The van der Waals surface area contributed by atoms with Crippen molar-refractivity contribution >= 4 is 24.0 Å². The van der Waals surface area contributed by atoms with Crippen LogP contribution in [-0.2, 0) is 0 Å². The molecule has 2 nitrogen and oxygen atoms in total. The van der Waals surface area contributed by atoms with Crippen molar-refractivity contribution in [2.45, 2.75) is 19.8 Å². The van der Waals surface area contributed by atoms with E-state index in [-0.39, 0.29) is 18.3 Å². The summed E-state index contributed by atoms with van der Waals surface area (Å²) in [6.45, 7) is 4.18. The molecule has 2 aromatic carbocycles. The van der Waals surface area contributed by atoms with Crippen LogP contribution in [0.4, 0.5) is 5.69 Å². The Bertz CT molecular complexity index is 537. The highest BCUT2D eigenvalue weighted by molar-refractivity contribution is 6.05. The molecule has 0 aromatic heterocycles. The monoisotopic (exact) mass is 275 g/mol. The summed E-state index contributed by atoms with van der Waals surface area (Å²) >= 11 is 0. The van der Waals surface area contributed by atoms with E-state index in [0.717, 1.165) is 16.8 Å². The Morgan fingerprint density at radius 3 is 2.16 bits per heavy atom. The number of hydrogen-bond acceptors (Lipinski definition) is 1. The van der Waals surface area contributed by atoms with Crippen LogP contribution in [0.25, 0.3) is 0 Å². The molecule has 0 fully saturated rings. The molecule has 19 heavy (non-hydrogen) atoms. The van der Waals surface area contributed by atoms with Crippen molar-refractivity contribution in [2.24, 2.45) is 0 Å². The number of anilines is 1. The maximum absolute atomic E-state index is 12.2. The van der Waals surface area contributed by atoms with Gasteiger partial charge in [-0.2, -0.15) is 0 Å². The molecule has 0 aliphatic heterocycles. The lowest BCUT2D eigenvalue weighted by atomic mass is 9.97. The van der Waals surface area contributed by atoms with E-state index in [1.165, 1.54) is 0 Å². The van der Waals surface area contributed by atoms with Crippen LogP contribution in [0.1, 0.15) is 35.7 Å². The van der Waals surface area contributed by atoms with E-state index in [9.17, 15) is 4.79 Å². The van der Waals surface area contributed by atoms with Gasteiger partial charge < -0.3 is 5.32 Å². The third kappa shape index (κ3) is 3.83. The Kier molecular flexibility index (Phi) is 5.58. The summed E-state index contributed by atoms with van der Waals surface area (Å²) in [5, 5.41) is 2.91. The molecule has 1 N–H and O–H groups in total. The van der Waals surface area contributed by atoms with E-state index >= 15 is 0 Å². The average Bonchev–Trinajstić information content (AvgIpc) is 2.40. The van der Waals surface area contributed by atoms with E-state index in [0.29, 0.717) is 5.92 Å². The Labute approximate surface area is 120 Å². The van der Waals surface area contributed by atoms with Crippen LogP contribution in [0.5, 0.6) is 0 Å². The Balaban J connectivity index is 0.00000180. The SMILES string of the molecule is CC(C)c1ccccc1C(=O)Nc1ccccc1.Cl. The third-order valence-electron chi connectivity index (χ3n) is 2.86. The molecule has 0 spiro atoms. The molecule has 2 rings (SSSR count). The summed E-state index contributed by atoms with van der Waals surface area (Å²) in [5.41, 5.74) is 2.64. The van der Waals surface area contributed by atoms with Crippen molar-refractivity contribution in [3.8, 4) is 0 Å². The number of halogens is 1. The molecule has 0 atom stereocenters. The van der Waals surface area contributed by atoms with Crippen molar-refractivity contribution in [3.05, 3.63) is 65.7 Å². The quantitative estimate of drug-likeness (QED) is 0.879. The van der Waals surface area contributed by atoms with Gasteiger partial charge in [-0.1, -0.05) is 50.2 Å². The number of amides is 1. The largest absolute Gasteiger partial charge is 0.322 e. The molecule has 1 amide bonds. The maximum atomic E-state index is 12.2. The molecule has 0 heterocycles. The summed E-state index contributed by atoms with van der Waals surface area (Å²) in [5.74, 6) is 0.285. The molecule has 0 unspecified atom stereocenters. The summed E-state index contributed by atoms with van der Waals surface area (Å²) < 4.78 is 0. The second kappa shape index (κ2) is 6.95. The van der Waals surface area contributed by atoms with Gasteiger partial charge in [-0.3, -0.25) is 4.79 Å². The standard InChI is InChI=1S/C16H17NO.ClH/c1-12(2)14-10-6-7-11-15(14)16(18)17-13-8-4-3-5-9-13;/h3-12H,1-2H3,(H,17,18);1H. The summed E-state index contributed by atoms with van der Waals surface area (Å²) in [4.78, 5) is 12.2. The number of para-hydroxylation sites is 1. The van der Waals surface area contributed by atoms with Gasteiger partial charge in [-0.15, -0.1) is 12.4 Å². The van der Waals surface area contributed by atoms with Crippen molar-refractivity contribution in [3.63, 3.8) is 0 Å². The molecular weight excluding hydrogens is 258 g/mol. The fourth-order valence-corrected chi connectivity index (χ4v) is 1.93. The molecule has 3 heteroatoms. The summed E-state index contributed by atoms with van der Waals surface area (Å²) in [6.07, 6.45) is 0. The highest BCUT2D eigenvalue weighted by Crippen LogP contribution is 2.20. The normalized spacial score (nSPS) is 9.84. The smallest absolute Gasteiger partial charge is 0.255 e. The van der Waals surface area contributed by atoms with Crippen LogP contribution in [0, 0.1) is 0 Å². The van der Waals surface area contributed by atoms with Gasteiger partial charge in [0.2, 0.25) is 0 Å². The van der Waals surface area contributed by atoms with Gasteiger partial charge in [0.15, 0.2) is 0 Å². The van der Waals surface area contributed by atoms with Crippen molar-refractivity contribution in [2.75, 3.05) is 5.32 Å². The minimum atomic E-state index is -0.0505. The van der Waals surface area contributed by atoms with Crippen LogP contribution in [-0.4, -0.2) is 5.91 Å². The minimum absolute atomic E-state index is 0. The first-order valence-corrected chi connectivity index (χ1v) is 6.14. The first-order chi connectivity index (χ1) is 8.68. The van der Waals surface area contributed by atoms with Crippen LogP contribution >= 0.6 is 12.4 Å². The van der Waals surface area contributed by atoms with Gasteiger partial charge in [0.25, 0.3) is 5.91 Å². The van der Waals surface area contributed by atoms with Crippen molar-refractivity contribution in [1.82, 2.24) is 0 Å². The van der Waals surface area contributed by atoms with E-state index in [1.54, 1.807) is 0 Å². The molecular formula is C16H18ClNO. The minimum Gasteiger partial charge on any atom is -0.322 e. The first-order valence-electron chi connectivity index (χ1n) is 6.14. The van der Waals surface area contributed by atoms with Gasteiger partial charge >= 0.3 is 0 Å². The maximum Gasteiger partial charge on any atom is 0.255 e. The molecule has 0 saturated heterocycles. The average molecular weight is 276 g/mol. The van der Waals surface area contributed by atoms with Gasteiger partial charge in [-0.05, 0) is 29.7 Å². The highest BCUT2D eigenvalue weighted by Gasteiger charge is 2.12. The van der Waals surface area contributed by atoms with Gasteiger partial charge in [0.05, 0.1) is 0 Å².